The second-order valence-electron chi connectivity index (χ2n) is 12.9. The highest BCUT2D eigenvalue weighted by Crippen LogP contribution is 2.37. The van der Waals surface area contributed by atoms with Crippen LogP contribution in [0.25, 0.3) is 94.4 Å². The number of hydrogen-bond donors (Lipinski definition) is 0. The fourth-order valence-electron chi connectivity index (χ4n) is 7.93. The Labute approximate surface area is 292 Å². The van der Waals surface area contributed by atoms with E-state index in [-0.39, 0.29) is 0 Å². The Morgan fingerprint density at radius 3 is 1.14 bits per heavy atom. The van der Waals surface area contributed by atoms with Gasteiger partial charge in [0.25, 0.3) is 0 Å². The monoisotopic (exact) mass is 652 g/mol. The molecule has 6 nitrogen and oxygen atoms in total. The molecule has 0 bridgehead atoms. The Bertz CT molecular complexity index is 2910. The van der Waals surface area contributed by atoms with Gasteiger partial charge >= 0.3 is 0 Å². The van der Waals surface area contributed by atoms with Gasteiger partial charge in [-0.25, -0.2) is 0 Å². The summed E-state index contributed by atoms with van der Waals surface area (Å²) in [4.78, 5) is 15.9. The fourth-order valence-corrected chi connectivity index (χ4v) is 7.93. The van der Waals surface area contributed by atoms with Gasteiger partial charge in [-0.15, -0.1) is 0 Å². The van der Waals surface area contributed by atoms with Crippen LogP contribution in [-0.2, 0) is 0 Å². The summed E-state index contributed by atoms with van der Waals surface area (Å²) >= 11 is 0. The third kappa shape index (κ3) is 4.07. The van der Waals surface area contributed by atoms with Crippen molar-refractivity contribution in [3.05, 3.63) is 170 Å². The van der Waals surface area contributed by atoms with Crippen LogP contribution in [0.3, 0.4) is 0 Å². The van der Waals surface area contributed by atoms with E-state index >= 15 is 0 Å². The molecule has 4 aromatic heterocycles. The van der Waals surface area contributed by atoms with Gasteiger partial charge in [-0.2, -0.15) is 15.0 Å². The second-order valence-corrected chi connectivity index (χ2v) is 12.9. The van der Waals surface area contributed by atoms with Crippen molar-refractivity contribution in [3.63, 3.8) is 0 Å². The minimum Gasteiger partial charge on any atom is -0.309 e. The molecule has 0 amide bonds. The molecule has 7 aromatic carbocycles. The first kappa shape index (κ1) is 27.9. The lowest BCUT2D eigenvalue weighted by atomic mass is 10.1. The summed E-state index contributed by atoms with van der Waals surface area (Å²) in [6.07, 6.45) is 0. The van der Waals surface area contributed by atoms with Crippen LogP contribution in [0, 0.1) is 0 Å². The molecule has 0 saturated carbocycles. The molecule has 51 heavy (non-hydrogen) atoms. The third-order valence-electron chi connectivity index (χ3n) is 10.1. The Hall–Kier alpha value is -7.05. The van der Waals surface area contributed by atoms with E-state index in [0.29, 0.717) is 17.7 Å². The van der Waals surface area contributed by atoms with Gasteiger partial charge in [0.15, 0.2) is 5.82 Å². The van der Waals surface area contributed by atoms with Gasteiger partial charge in [0, 0.05) is 43.6 Å². The molecule has 0 aliphatic rings. The van der Waals surface area contributed by atoms with Crippen LogP contribution in [0.5, 0.6) is 0 Å². The molecule has 238 valence electrons. The van der Waals surface area contributed by atoms with E-state index in [1.165, 1.54) is 5.39 Å². The van der Waals surface area contributed by atoms with Crippen molar-refractivity contribution in [3.8, 4) is 29.0 Å². The van der Waals surface area contributed by atoms with Gasteiger partial charge in [-0.05, 0) is 60.7 Å². The molecule has 0 saturated heterocycles. The van der Waals surface area contributed by atoms with Crippen LogP contribution in [0.15, 0.2) is 170 Å². The maximum atomic E-state index is 5.30. The maximum absolute atomic E-state index is 5.30. The summed E-state index contributed by atoms with van der Waals surface area (Å²) in [5.74, 6) is 1.75. The Morgan fingerprint density at radius 1 is 0.294 bits per heavy atom. The zero-order valence-electron chi connectivity index (χ0n) is 27.3. The van der Waals surface area contributed by atoms with Crippen LogP contribution in [0.2, 0.25) is 0 Å². The fraction of sp³-hybridized carbons (Fsp3) is 0. The highest BCUT2D eigenvalue weighted by molar-refractivity contribution is 6.11. The van der Waals surface area contributed by atoms with Crippen LogP contribution in [0.1, 0.15) is 0 Å². The lowest BCUT2D eigenvalue weighted by molar-refractivity contribution is 0.893. The molecule has 0 spiro atoms. The maximum Gasteiger partial charge on any atom is 0.240 e. The Morgan fingerprint density at radius 2 is 0.667 bits per heavy atom. The molecule has 11 aromatic rings. The molecule has 0 aliphatic heterocycles. The van der Waals surface area contributed by atoms with E-state index in [1.807, 2.05) is 0 Å². The number of aromatic nitrogens is 6. The largest absolute Gasteiger partial charge is 0.309 e. The molecule has 6 heteroatoms. The molecule has 0 unspecified atom stereocenters. The van der Waals surface area contributed by atoms with Gasteiger partial charge in [-0.1, -0.05) is 109 Å². The average molecular weight is 653 g/mol. The molecule has 0 aliphatic carbocycles. The van der Waals surface area contributed by atoms with Gasteiger partial charge in [-0.3, -0.25) is 9.13 Å². The second kappa shape index (κ2) is 10.7. The molecule has 0 fully saturated rings. The standard InChI is InChI=1S/C45H28N6/c1-2-14-30(15-3-1)49-37-21-9-8-20-35(37)36-28-29(26-27-42(36)49)43-46-44(50-38-22-10-4-16-31(38)32-17-5-11-23-39(32)50)48-45(47-43)51-40-24-12-6-18-33(40)34-19-7-13-25-41(34)51/h1-28H. The topological polar surface area (TPSA) is 53.5 Å². The number of rotatable bonds is 4. The first-order valence-electron chi connectivity index (χ1n) is 17.1. The molecule has 4 heterocycles. The van der Waals surface area contributed by atoms with Gasteiger partial charge in [0.2, 0.25) is 11.9 Å². The SMILES string of the molecule is c1ccc(-n2c3ccccc3c3cc(-c4nc(-n5c6ccccc6c6ccccc65)nc(-n5c6ccccc6c6ccccc65)n4)ccc32)cc1. The highest BCUT2D eigenvalue weighted by atomic mass is 15.3. The van der Waals surface area contributed by atoms with Crippen molar-refractivity contribution in [1.82, 2.24) is 28.7 Å². The molecule has 0 radical (unpaired) electrons. The van der Waals surface area contributed by atoms with E-state index in [4.69, 9.17) is 15.0 Å². The van der Waals surface area contributed by atoms with Gasteiger partial charge in [0.1, 0.15) is 0 Å². The summed E-state index contributed by atoms with van der Waals surface area (Å²) in [6, 6.07) is 59.6. The van der Waals surface area contributed by atoms with Crippen LogP contribution in [0.4, 0.5) is 0 Å². The van der Waals surface area contributed by atoms with E-state index < -0.39 is 0 Å². The first-order valence-corrected chi connectivity index (χ1v) is 17.1. The van der Waals surface area contributed by atoms with Crippen LogP contribution in [-0.4, -0.2) is 28.7 Å². The molecule has 11 rings (SSSR count). The third-order valence-corrected chi connectivity index (χ3v) is 10.1. The normalized spacial score (nSPS) is 11.9. The minimum absolute atomic E-state index is 0.570. The van der Waals surface area contributed by atoms with Crippen molar-refractivity contribution in [1.29, 1.82) is 0 Å². The quantitative estimate of drug-likeness (QED) is 0.190. The number of fused-ring (bicyclic) bond motifs is 9. The average Bonchev–Trinajstić information content (AvgIpc) is 3.84. The zero-order valence-corrected chi connectivity index (χ0v) is 27.3. The summed E-state index contributed by atoms with van der Waals surface area (Å²) in [5.41, 5.74) is 8.52. The number of nitrogens with zero attached hydrogens (tertiary/aromatic N) is 6. The number of para-hydroxylation sites is 6. The summed E-state index contributed by atoms with van der Waals surface area (Å²) < 4.78 is 6.68. The van der Waals surface area contributed by atoms with Crippen molar-refractivity contribution in [2.24, 2.45) is 0 Å². The minimum atomic E-state index is 0.570. The Kier molecular flexibility index (Phi) is 5.86. The summed E-state index contributed by atoms with van der Waals surface area (Å²) in [6.45, 7) is 0. The zero-order chi connectivity index (χ0) is 33.5. The predicted molar refractivity (Wildman–Crippen MR) is 208 cm³/mol. The number of hydrogen-bond acceptors (Lipinski definition) is 3. The van der Waals surface area contributed by atoms with Crippen LogP contribution < -0.4 is 0 Å². The first-order chi connectivity index (χ1) is 25.3. The van der Waals surface area contributed by atoms with Crippen molar-refractivity contribution in [2.45, 2.75) is 0 Å². The van der Waals surface area contributed by atoms with Crippen LogP contribution >= 0.6 is 0 Å². The van der Waals surface area contributed by atoms with E-state index in [2.05, 4.69) is 184 Å². The molecule has 0 N–H and O–H groups in total. The van der Waals surface area contributed by atoms with Gasteiger partial charge in [0.05, 0.1) is 33.1 Å². The van der Waals surface area contributed by atoms with Crippen molar-refractivity contribution in [2.75, 3.05) is 0 Å². The van der Waals surface area contributed by atoms with Crippen molar-refractivity contribution >= 4 is 65.4 Å². The summed E-state index contributed by atoms with van der Waals surface area (Å²) in [5, 5.41) is 6.95. The highest BCUT2D eigenvalue weighted by Gasteiger charge is 2.21. The van der Waals surface area contributed by atoms with Crippen molar-refractivity contribution < 1.29 is 0 Å². The molecule has 0 atom stereocenters. The van der Waals surface area contributed by atoms with Gasteiger partial charge < -0.3 is 4.57 Å². The number of benzene rings is 7. The predicted octanol–water partition coefficient (Wildman–Crippen LogP) is 10.8. The van der Waals surface area contributed by atoms with E-state index in [0.717, 1.165) is 71.3 Å². The van der Waals surface area contributed by atoms with E-state index in [1.54, 1.807) is 0 Å². The Balaban J connectivity index is 1.23. The lowest BCUT2D eigenvalue weighted by Gasteiger charge is -2.13. The molecular formula is C45H28N6. The molecular weight excluding hydrogens is 625 g/mol. The summed E-state index contributed by atoms with van der Waals surface area (Å²) in [7, 11) is 0. The lowest BCUT2D eigenvalue weighted by Crippen LogP contribution is -2.10. The smallest absolute Gasteiger partial charge is 0.240 e. The van der Waals surface area contributed by atoms with E-state index in [9.17, 15) is 0 Å².